The molecule has 0 aromatic heterocycles. The Bertz CT molecular complexity index is 2120. The predicted octanol–water partition coefficient (Wildman–Crippen LogP) is 14.7. The van der Waals surface area contributed by atoms with Crippen LogP contribution in [0.4, 0.5) is 34.1 Å². The third kappa shape index (κ3) is 8.80. The minimum absolute atomic E-state index is 1.03. The summed E-state index contributed by atoms with van der Waals surface area (Å²) in [5, 5.41) is 0. The van der Waals surface area contributed by atoms with Gasteiger partial charge in [0.2, 0.25) is 0 Å². The summed E-state index contributed by atoms with van der Waals surface area (Å²) in [6, 6.07) is 61.5. The van der Waals surface area contributed by atoms with Crippen LogP contribution in [0.3, 0.4) is 0 Å². The molecule has 7 rings (SSSR count). The zero-order chi connectivity index (χ0) is 37.3. The second-order valence-electron chi connectivity index (χ2n) is 13.9. The van der Waals surface area contributed by atoms with Crippen LogP contribution in [0, 0.1) is 13.8 Å². The van der Waals surface area contributed by atoms with E-state index in [-0.39, 0.29) is 0 Å². The largest absolute Gasteiger partial charge is 0.311 e. The maximum atomic E-state index is 2.32. The molecule has 0 bridgehead atoms. The van der Waals surface area contributed by atoms with E-state index in [4.69, 9.17) is 0 Å². The van der Waals surface area contributed by atoms with Crippen LogP contribution in [0.2, 0.25) is 0 Å². The zero-order valence-corrected chi connectivity index (χ0v) is 31.8. The molecule has 0 aliphatic carbocycles. The van der Waals surface area contributed by atoms with Gasteiger partial charge in [-0.15, -0.1) is 0 Å². The van der Waals surface area contributed by atoms with Gasteiger partial charge in [0, 0.05) is 34.1 Å². The van der Waals surface area contributed by atoms with E-state index in [1.165, 1.54) is 33.4 Å². The van der Waals surface area contributed by atoms with Gasteiger partial charge in [0.1, 0.15) is 0 Å². The molecule has 0 N–H and O–H groups in total. The molecule has 0 saturated heterocycles. The van der Waals surface area contributed by atoms with Gasteiger partial charge in [-0.25, -0.2) is 0 Å². The molecule has 0 aliphatic heterocycles. The first-order valence-corrected chi connectivity index (χ1v) is 19.0. The summed E-state index contributed by atoms with van der Waals surface area (Å²) in [5.74, 6) is 0. The van der Waals surface area contributed by atoms with E-state index in [9.17, 15) is 0 Å². The molecule has 0 heterocycles. The molecule has 2 nitrogen and oxygen atoms in total. The Morgan fingerprint density at radius 2 is 0.500 bits per heavy atom. The Morgan fingerprint density at radius 3 is 0.741 bits per heavy atom. The average Bonchev–Trinajstić information content (AvgIpc) is 3.23. The first-order chi connectivity index (χ1) is 26.4. The van der Waals surface area contributed by atoms with Crippen molar-refractivity contribution in [2.45, 2.75) is 40.5 Å². The van der Waals surface area contributed by atoms with Crippen molar-refractivity contribution in [3.8, 4) is 0 Å². The molecule has 54 heavy (non-hydrogen) atoms. The summed E-state index contributed by atoms with van der Waals surface area (Å²) < 4.78 is 0. The fourth-order valence-corrected chi connectivity index (χ4v) is 6.62. The third-order valence-corrected chi connectivity index (χ3v) is 9.97. The second-order valence-corrected chi connectivity index (χ2v) is 13.9. The van der Waals surface area contributed by atoms with Crippen molar-refractivity contribution in [1.82, 2.24) is 0 Å². The quantitative estimate of drug-likeness (QED) is 0.117. The van der Waals surface area contributed by atoms with Crippen molar-refractivity contribution in [1.29, 1.82) is 0 Å². The number of aryl methyl sites for hydroxylation is 4. The van der Waals surface area contributed by atoms with Crippen molar-refractivity contribution in [3.63, 3.8) is 0 Å². The van der Waals surface area contributed by atoms with Gasteiger partial charge in [0.05, 0.1) is 0 Å². The summed E-state index contributed by atoms with van der Waals surface area (Å²) in [4.78, 5) is 4.64. The highest BCUT2D eigenvalue weighted by Gasteiger charge is 2.14. The summed E-state index contributed by atoms with van der Waals surface area (Å²) in [6.45, 7) is 8.65. The van der Waals surface area contributed by atoms with Gasteiger partial charge in [-0.3, -0.25) is 0 Å². The topological polar surface area (TPSA) is 6.48 Å². The summed E-state index contributed by atoms with van der Waals surface area (Å²) in [6.07, 6.45) is 10.8. The van der Waals surface area contributed by atoms with E-state index in [1.54, 1.807) is 0 Å². The smallest absolute Gasteiger partial charge is 0.0462 e. The lowest BCUT2D eigenvalue weighted by molar-refractivity contribution is 1.14. The van der Waals surface area contributed by atoms with E-state index >= 15 is 0 Å². The number of anilines is 6. The lowest BCUT2D eigenvalue weighted by Crippen LogP contribution is -2.09. The maximum absolute atomic E-state index is 2.32. The van der Waals surface area contributed by atoms with Crippen LogP contribution in [0.1, 0.15) is 58.4 Å². The van der Waals surface area contributed by atoms with Gasteiger partial charge in [0.25, 0.3) is 0 Å². The normalized spacial score (nSPS) is 11.3. The first kappa shape index (κ1) is 36.0. The molecule has 0 radical (unpaired) electrons. The molecule has 0 spiro atoms. The van der Waals surface area contributed by atoms with E-state index in [1.807, 2.05) is 0 Å². The zero-order valence-electron chi connectivity index (χ0n) is 31.8. The second kappa shape index (κ2) is 17.0. The standard InChI is InChI=1S/C52H48N2/c1-5-41-19-31-49(32-20-41)53(47-27-7-39(3)8-28-47)51-35-23-45(24-36-51)17-15-43-11-13-44(14-12-43)16-18-46-25-37-52(38-26-46)54(48-29-9-40(4)10-30-48)50-33-21-42(6-2)22-34-50/h7-38H,5-6H2,1-4H3. The molecule has 7 aromatic rings. The highest BCUT2D eigenvalue weighted by Crippen LogP contribution is 2.36. The Labute approximate surface area is 322 Å². The van der Waals surface area contributed by atoms with Gasteiger partial charge in [-0.05, 0) is 133 Å². The molecule has 0 fully saturated rings. The van der Waals surface area contributed by atoms with E-state index in [2.05, 4.69) is 232 Å². The average molecular weight is 701 g/mol. The molecule has 0 aliphatic rings. The van der Waals surface area contributed by atoms with Gasteiger partial charge in [-0.1, -0.05) is 146 Å². The first-order valence-electron chi connectivity index (χ1n) is 19.0. The van der Waals surface area contributed by atoms with Crippen molar-refractivity contribution in [2.75, 3.05) is 9.80 Å². The molecule has 266 valence electrons. The van der Waals surface area contributed by atoms with Crippen molar-refractivity contribution in [2.24, 2.45) is 0 Å². The molecular weight excluding hydrogens is 653 g/mol. The van der Waals surface area contributed by atoms with Crippen LogP contribution in [0.15, 0.2) is 170 Å². The Hall–Kier alpha value is -6.38. The van der Waals surface area contributed by atoms with Crippen molar-refractivity contribution < 1.29 is 0 Å². The minimum atomic E-state index is 1.03. The number of benzene rings is 7. The van der Waals surface area contributed by atoms with Gasteiger partial charge in [-0.2, -0.15) is 0 Å². The molecule has 0 unspecified atom stereocenters. The van der Waals surface area contributed by atoms with Crippen LogP contribution in [0.5, 0.6) is 0 Å². The molecule has 7 aromatic carbocycles. The number of rotatable bonds is 12. The molecule has 0 atom stereocenters. The number of nitrogens with zero attached hydrogens (tertiary/aromatic N) is 2. The third-order valence-electron chi connectivity index (χ3n) is 9.97. The molecule has 0 saturated carbocycles. The number of hydrogen-bond acceptors (Lipinski definition) is 2. The predicted molar refractivity (Wildman–Crippen MR) is 235 cm³/mol. The highest BCUT2D eigenvalue weighted by atomic mass is 15.1. The molecule has 2 heteroatoms. The monoisotopic (exact) mass is 700 g/mol. The summed E-state index contributed by atoms with van der Waals surface area (Å²) >= 11 is 0. The Morgan fingerprint density at radius 1 is 0.296 bits per heavy atom. The van der Waals surface area contributed by atoms with Crippen LogP contribution in [-0.2, 0) is 12.8 Å². The van der Waals surface area contributed by atoms with Gasteiger partial charge < -0.3 is 9.80 Å². The maximum Gasteiger partial charge on any atom is 0.0462 e. The van der Waals surface area contributed by atoms with E-state index < -0.39 is 0 Å². The number of hydrogen-bond donors (Lipinski definition) is 0. The van der Waals surface area contributed by atoms with Crippen LogP contribution in [0.25, 0.3) is 24.3 Å². The lowest BCUT2D eigenvalue weighted by Gasteiger charge is -2.26. The summed E-state index contributed by atoms with van der Waals surface area (Å²) in [5.41, 5.74) is 16.7. The van der Waals surface area contributed by atoms with Gasteiger partial charge >= 0.3 is 0 Å². The van der Waals surface area contributed by atoms with Crippen molar-refractivity contribution in [3.05, 3.63) is 214 Å². The van der Waals surface area contributed by atoms with Crippen LogP contribution in [-0.4, -0.2) is 0 Å². The molecular formula is C52H48N2. The molecule has 0 amide bonds. The van der Waals surface area contributed by atoms with Crippen molar-refractivity contribution >= 4 is 58.4 Å². The highest BCUT2D eigenvalue weighted by molar-refractivity contribution is 5.80. The van der Waals surface area contributed by atoms with Crippen LogP contribution >= 0.6 is 0 Å². The Balaban J connectivity index is 1.02. The fourth-order valence-electron chi connectivity index (χ4n) is 6.62. The Kier molecular flexibility index (Phi) is 11.3. The SMILES string of the molecule is CCc1ccc(N(c2ccc(C)cc2)c2ccc(C=Cc3ccc(C=Cc4ccc(N(c5ccc(C)cc5)c5ccc(CC)cc5)cc4)cc3)cc2)cc1. The fraction of sp³-hybridized carbons (Fsp3) is 0.115. The lowest BCUT2D eigenvalue weighted by atomic mass is 10.1. The van der Waals surface area contributed by atoms with E-state index in [0.717, 1.165) is 58.1 Å². The van der Waals surface area contributed by atoms with E-state index in [0.29, 0.717) is 0 Å². The van der Waals surface area contributed by atoms with Crippen LogP contribution < -0.4 is 9.80 Å². The minimum Gasteiger partial charge on any atom is -0.311 e. The van der Waals surface area contributed by atoms with Gasteiger partial charge in [0.15, 0.2) is 0 Å². The summed E-state index contributed by atoms with van der Waals surface area (Å²) in [7, 11) is 0.